The van der Waals surface area contributed by atoms with Crippen molar-refractivity contribution in [2.24, 2.45) is 0 Å². The van der Waals surface area contributed by atoms with Crippen LogP contribution in [0.3, 0.4) is 0 Å². The molecule has 3 heteroatoms. The van der Waals surface area contributed by atoms with Crippen LogP contribution >= 0.6 is 0 Å². The Kier molecular flexibility index (Phi) is 2.04. The molecular weight excluding hydrogens is 176 g/mol. The van der Waals surface area contributed by atoms with Crippen LogP contribution in [0.2, 0.25) is 0 Å². The van der Waals surface area contributed by atoms with E-state index >= 15 is 0 Å². The molecule has 0 radical (unpaired) electrons. The second kappa shape index (κ2) is 3.10. The van der Waals surface area contributed by atoms with E-state index < -0.39 is 6.10 Å². The molecule has 14 heavy (non-hydrogen) atoms. The summed E-state index contributed by atoms with van der Waals surface area (Å²) in [7, 11) is 0. The molecule has 0 spiro atoms. The van der Waals surface area contributed by atoms with Crippen molar-refractivity contribution in [3.05, 3.63) is 29.1 Å². The van der Waals surface area contributed by atoms with Crippen molar-refractivity contribution in [2.45, 2.75) is 26.9 Å². The Bertz CT molecular complexity index is 471. The number of aromatic amines is 1. The Morgan fingerprint density at radius 1 is 1.36 bits per heavy atom. The molecule has 2 aromatic rings. The predicted octanol–water partition coefficient (Wildman–Crippen LogP) is 2.23. The van der Waals surface area contributed by atoms with Crippen molar-refractivity contribution in [3.8, 4) is 0 Å². The topological polar surface area (TPSA) is 48.9 Å². The zero-order valence-electron chi connectivity index (χ0n) is 8.63. The number of aliphatic hydroxyl groups excluding tert-OH is 1. The van der Waals surface area contributed by atoms with Crippen molar-refractivity contribution in [1.82, 2.24) is 9.97 Å². The van der Waals surface area contributed by atoms with Crippen molar-refractivity contribution in [2.75, 3.05) is 0 Å². The number of aliphatic hydroxyl groups is 1. The molecular formula is C11H14N2O. The average Bonchev–Trinajstić information content (AvgIpc) is 2.47. The molecule has 0 saturated heterocycles. The molecule has 1 aromatic carbocycles. The van der Waals surface area contributed by atoms with E-state index in [9.17, 15) is 5.11 Å². The number of imidazole rings is 1. The first kappa shape index (κ1) is 9.21. The molecule has 1 atom stereocenters. The summed E-state index contributed by atoms with van der Waals surface area (Å²) >= 11 is 0. The Labute approximate surface area is 82.8 Å². The molecule has 1 heterocycles. The van der Waals surface area contributed by atoms with Gasteiger partial charge < -0.3 is 10.1 Å². The zero-order valence-corrected chi connectivity index (χ0v) is 8.63. The van der Waals surface area contributed by atoms with Crippen molar-refractivity contribution in [3.63, 3.8) is 0 Å². The highest BCUT2D eigenvalue weighted by Gasteiger charge is 2.09. The number of benzene rings is 1. The van der Waals surface area contributed by atoms with Gasteiger partial charge in [0.15, 0.2) is 0 Å². The molecule has 1 aromatic heterocycles. The fourth-order valence-electron chi connectivity index (χ4n) is 1.69. The van der Waals surface area contributed by atoms with Gasteiger partial charge in [-0.3, -0.25) is 0 Å². The Morgan fingerprint density at radius 3 is 2.71 bits per heavy atom. The van der Waals surface area contributed by atoms with Gasteiger partial charge in [0.25, 0.3) is 0 Å². The highest BCUT2D eigenvalue weighted by Crippen LogP contribution is 2.20. The van der Waals surface area contributed by atoms with E-state index in [-0.39, 0.29) is 0 Å². The summed E-state index contributed by atoms with van der Waals surface area (Å²) in [4.78, 5) is 7.46. The number of nitrogens with zero attached hydrogens (tertiary/aromatic N) is 1. The number of hydrogen-bond acceptors (Lipinski definition) is 2. The van der Waals surface area contributed by atoms with Crippen LogP contribution in [-0.4, -0.2) is 15.1 Å². The summed E-state index contributed by atoms with van der Waals surface area (Å²) in [6.07, 6.45) is -0.540. The maximum Gasteiger partial charge on any atom is 0.135 e. The molecule has 3 nitrogen and oxygen atoms in total. The number of hydrogen-bond donors (Lipinski definition) is 2. The molecule has 0 aliphatic carbocycles. The highest BCUT2D eigenvalue weighted by molar-refractivity contribution is 5.79. The van der Waals surface area contributed by atoms with Crippen LogP contribution in [0.1, 0.15) is 30.0 Å². The van der Waals surface area contributed by atoms with E-state index in [0.29, 0.717) is 5.82 Å². The SMILES string of the molecule is Cc1cc(C)c2nc([C@H](C)O)[nH]c2c1. The minimum Gasteiger partial charge on any atom is -0.385 e. The highest BCUT2D eigenvalue weighted by atomic mass is 16.3. The van der Waals surface area contributed by atoms with Gasteiger partial charge in [-0.05, 0) is 38.0 Å². The average molecular weight is 190 g/mol. The van der Waals surface area contributed by atoms with Crippen LogP contribution in [0, 0.1) is 13.8 Å². The first-order valence-electron chi connectivity index (χ1n) is 4.73. The van der Waals surface area contributed by atoms with E-state index in [4.69, 9.17) is 0 Å². The lowest BCUT2D eigenvalue weighted by atomic mass is 10.1. The van der Waals surface area contributed by atoms with Gasteiger partial charge in [0.05, 0.1) is 11.0 Å². The van der Waals surface area contributed by atoms with E-state index in [1.807, 2.05) is 13.0 Å². The minimum absolute atomic E-state index is 0.540. The lowest BCUT2D eigenvalue weighted by Gasteiger charge is -1.96. The third kappa shape index (κ3) is 1.40. The lowest BCUT2D eigenvalue weighted by Crippen LogP contribution is -1.92. The van der Waals surface area contributed by atoms with E-state index in [0.717, 1.165) is 16.6 Å². The molecule has 0 bridgehead atoms. The van der Waals surface area contributed by atoms with Crippen molar-refractivity contribution >= 4 is 11.0 Å². The maximum absolute atomic E-state index is 9.39. The third-order valence-corrected chi connectivity index (χ3v) is 2.34. The third-order valence-electron chi connectivity index (χ3n) is 2.34. The van der Waals surface area contributed by atoms with Gasteiger partial charge in [-0.2, -0.15) is 0 Å². The summed E-state index contributed by atoms with van der Waals surface area (Å²) < 4.78 is 0. The summed E-state index contributed by atoms with van der Waals surface area (Å²) in [5.74, 6) is 0.633. The van der Waals surface area contributed by atoms with Gasteiger partial charge in [-0.15, -0.1) is 0 Å². The Hall–Kier alpha value is -1.35. The molecule has 74 valence electrons. The Balaban J connectivity index is 2.70. The monoisotopic (exact) mass is 190 g/mol. The quantitative estimate of drug-likeness (QED) is 0.724. The van der Waals surface area contributed by atoms with Gasteiger partial charge in [0, 0.05) is 0 Å². The standard InChI is InChI=1S/C11H14N2O/c1-6-4-7(2)10-9(5-6)12-11(13-10)8(3)14/h4-5,8,14H,1-3H3,(H,12,13)/t8-/m0/s1. The van der Waals surface area contributed by atoms with E-state index in [1.165, 1.54) is 5.56 Å². The second-order valence-electron chi connectivity index (χ2n) is 3.78. The fourth-order valence-corrected chi connectivity index (χ4v) is 1.69. The molecule has 0 amide bonds. The van der Waals surface area contributed by atoms with Crippen molar-refractivity contribution in [1.29, 1.82) is 0 Å². The summed E-state index contributed by atoms with van der Waals surface area (Å²) in [5, 5.41) is 9.39. The number of aromatic nitrogens is 2. The number of rotatable bonds is 1. The van der Waals surface area contributed by atoms with Gasteiger partial charge in [0.1, 0.15) is 11.9 Å². The van der Waals surface area contributed by atoms with Crippen LogP contribution in [0.4, 0.5) is 0 Å². The summed E-state index contributed by atoms with van der Waals surface area (Å²) in [6.45, 7) is 5.79. The van der Waals surface area contributed by atoms with E-state index in [1.54, 1.807) is 6.92 Å². The van der Waals surface area contributed by atoms with Gasteiger partial charge in [-0.1, -0.05) is 6.07 Å². The zero-order chi connectivity index (χ0) is 10.3. The molecule has 0 aliphatic heterocycles. The predicted molar refractivity (Wildman–Crippen MR) is 56.2 cm³/mol. The summed E-state index contributed by atoms with van der Waals surface area (Å²) in [5.41, 5.74) is 4.30. The molecule has 0 fully saturated rings. The number of fused-ring (bicyclic) bond motifs is 1. The van der Waals surface area contributed by atoms with Gasteiger partial charge in [0.2, 0.25) is 0 Å². The van der Waals surface area contributed by atoms with Gasteiger partial charge >= 0.3 is 0 Å². The largest absolute Gasteiger partial charge is 0.385 e. The van der Waals surface area contributed by atoms with Crippen LogP contribution in [0.15, 0.2) is 12.1 Å². The fraction of sp³-hybridized carbons (Fsp3) is 0.364. The minimum atomic E-state index is -0.540. The lowest BCUT2D eigenvalue weighted by molar-refractivity contribution is 0.190. The molecule has 2 N–H and O–H groups in total. The van der Waals surface area contributed by atoms with Crippen LogP contribution < -0.4 is 0 Å². The van der Waals surface area contributed by atoms with Crippen LogP contribution in [0.25, 0.3) is 11.0 Å². The summed E-state index contributed by atoms with van der Waals surface area (Å²) in [6, 6.07) is 4.14. The first-order valence-corrected chi connectivity index (χ1v) is 4.73. The normalized spacial score (nSPS) is 13.4. The molecule has 0 saturated carbocycles. The van der Waals surface area contributed by atoms with Crippen LogP contribution in [0.5, 0.6) is 0 Å². The first-order chi connectivity index (χ1) is 6.58. The molecule has 0 unspecified atom stereocenters. The number of H-pyrrole nitrogens is 1. The van der Waals surface area contributed by atoms with Crippen LogP contribution in [-0.2, 0) is 0 Å². The van der Waals surface area contributed by atoms with E-state index in [2.05, 4.69) is 23.0 Å². The molecule has 0 aliphatic rings. The van der Waals surface area contributed by atoms with Crippen molar-refractivity contribution < 1.29 is 5.11 Å². The second-order valence-corrected chi connectivity index (χ2v) is 3.78. The van der Waals surface area contributed by atoms with Gasteiger partial charge in [-0.25, -0.2) is 4.98 Å². The maximum atomic E-state index is 9.39. The smallest absolute Gasteiger partial charge is 0.135 e. The molecule has 2 rings (SSSR count). The Morgan fingerprint density at radius 2 is 2.07 bits per heavy atom. The number of aryl methyl sites for hydroxylation is 2. The number of nitrogens with one attached hydrogen (secondary N) is 1.